The van der Waals surface area contributed by atoms with Gasteiger partial charge in [-0.3, -0.25) is 14.4 Å². The zero-order chi connectivity index (χ0) is 12.0. The molecule has 1 saturated heterocycles. The summed E-state index contributed by atoms with van der Waals surface area (Å²) >= 11 is 0. The van der Waals surface area contributed by atoms with Crippen LogP contribution in [0.25, 0.3) is 0 Å². The lowest BCUT2D eigenvalue weighted by atomic mass is 9.80. The van der Waals surface area contributed by atoms with Crippen molar-refractivity contribution in [2.24, 2.45) is 5.41 Å². The summed E-state index contributed by atoms with van der Waals surface area (Å²) in [6.45, 7) is 7.55. The zero-order valence-electron chi connectivity index (χ0n) is 10.3. The van der Waals surface area contributed by atoms with E-state index in [-0.39, 0.29) is 11.3 Å². The Morgan fingerprint density at radius 3 is 2.88 bits per heavy atom. The van der Waals surface area contributed by atoms with Gasteiger partial charge in [-0.25, -0.2) is 0 Å². The summed E-state index contributed by atoms with van der Waals surface area (Å²) in [5.74, 6) is 0.173. The number of rotatable bonds is 1. The van der Waals surface area contributed by atoms with Gasteiger partial charge in [-0.15, -0.1) is 0 Å². The smallest absolute Gasteiger partial charge is 0.231 e. The van der Waals surface area contributed by atoms with Gasteiger partial charge in [0.05, 0.1) is 17.7 Å². The number of carbonyl (C=O) groups is 1. The standard InChI is InChI=1S/C12H18N4O/c1-9(2)15-5-10-3-4-14-16(10)8-12(7-15)6-13-11(12)17/h3-4,9H,5-8H2,1-2H3,(H,13,17). The highest BCUT2D eigenvalue weighted by molar-refractivity contribution is 5.88. The summed E-state index contributed by atoms with van der Waals surface area (Å²) in [6.07, 6.45) is 1.82. The Kier molecular flexibility index (Phi) is 2.26. The van der Waals surface area contributed by atoms with E-state index in [0.29, 0.717) is 12.6 Å². The van der Waals surface area contributed by atoms with Crippen molar-refractivity contribution in [2.75, 3.05) is 13.1 Å². The molecule has 1 fully saturated rings. The molecular formula is C12H18N4O. The van der Waals surface area contributed by atoms with Crippen LogP contribution in [0, 0.1) is 5.41 Å². The Hall–Kier alpha value is -1.36. The Balaban J connectivity index is 1.97. The van der Waals surface area contributed by atoms with Crippen LogP contribution in [0.5, 0.6) is 0 Å². The summed E-state index contributed by atoms with van der Waals surface area (Å²) in [7, 11) is 0. The summed E-state index contributed by atoms with van der Waals surface area (Å²) in [6, 6.07) is 2.49. The fourth-order valence-corrected chi connectivity index (χ4v) is 2.66. The third kappa shape index (κ3) is 1.57. The monoisotopic (exact) mass is 234 g/mol. The molecule has 1 aromatic heterocycles. The molecule has 1 N–H and O–H groups in total. The Labute approximate surface area is 101 Å². The van der Waals surface area contributed by atoms with Gasteiger partial charge in [0.15, 0.2) is 0 Å². The third-order valence-corrected chi connectivity index (χ3v) is 3.93. The van der Waals surface area contributed by atoms with Gasteiger partial charge in [0, 0.05) is 31.9 Å². The van der Waals surface area contributed by atoms with E-state index in [1.165, 1.54) is 5.69 Å². The van der Waals surface area contributed by atoms with E-state index in [2.05, 4.69) is 29.2 Å². The zero-order valence-corrected chi connectivity index (χ0v) is 10.3. The van der Waals surface area contributed by atoms with Gasteiger partial charge < -0.3 is 5.32 Å². The van der Waals surface area contributed by atoms with Crippen LogP contribution in [-0.4, -0.2) is 39.7 Å². The number of hydrogen-bond donors (Lipinski definition) is 1. The molecule has 5 nitrogen and oxygen atoms in total. The molecular weight excluding hydrogens is 216 g/mol. The van der Waals surface area contributed by atoms with Gasteiger partial charge in [-0.05, 0) is 19.9 Å². The van der Waals surface area contributed by atoms with Crippen molar-refractivity contribution in [3.63, 3.8) is 0 Å². The molecule has 1 unspecified atom stereocenters. The van der Waals surface area contributed by atoms with E-state index in [1.54, 1.807) is 0 Å². The summed E-state index contributed by atoms with van der Waals surface area (Å²) < 4.78 is 1.99. The number of fused-ring (bicyclic) bond motifs is 1. The first-order valence-electron chi connectivity index (χ1n) is 6.14. The largest absolute Gasteiger partial charge is 0.354 e. The highest BCUT2D eigenvalue weighted by Crippen LogP contribution is 2.32. The number of nitrogens with zero attached hydrogens (tertiary/aromatic N) is 3. The number of amides is 1. The molecule has 1 atom stereocenters. The highest BCUT2D eigenvalue weighted by Gasteiger charge is 2.49. The van der Waals surface area contributed by atoms with Gasteiger partial charge in [-0.2, -0.15) is 5.10 Å². The predicted molar refractivity (Wildman–Crippen MR) is 63.2 cm³/mol. The summed E-state index contributed by atoms with van der Waals surface area (Å²) in [4.78, 5) is 14.2. The van der Waals surface area contributed by atoms with Crippen LogP contribution in [0.3, 0.4) is 0 Å². The number of nitrogens with one attached hydrogen (secondary N) is 1. The molecule has 17 heavy (non-hydrogen) atoms. The van der Waals surface area contributed by atoms with Crippen LogP contribution < -0.4 is 5.32 Å². The highest BCUT2D eigenvalue weighted by atomic mass is 16.2. The first-order chi connectivity index (χ1) is 8.11. The molecule has 0 bridgehead atoms. The quantitative estimate of drug-likeness (QED) is 0.707. The van der Waals surface area contributed by atoms with Crippen LogP contribution in [-0.2, 0) is 17.9 Å². The lowest BCUT2D eigenvalue weighted by Gasteiger charge is -2.42. The molecule has 3 rings (SSSR count). The number of aromatic nitrogens is 2. The molecule has 0 aromatic carbocycles. The maximum atomic E-state index is 11.9. The normalized spacial score (nSPS) is 28.8. The van der Waals surface area contributed by atoms with Crippen molar-refractivity contribution in [1.82, 2.24) is 20.0 Å². The van der Waals surface area contributed by atoms with Crippen molar-refractivity contribution in [1.29, 1.82) is 0 Å². The first kappa shape index (κ1) is 10.8. The van der Waals surface area contributed by atoms with Crippen molar-refractivity contribution >= 4 is 5.91 Å². The number of hydrogen-bond acceptors (Lipinski definition) is 3. The van der Waals surface area contributed by atoms with E-state index in [4.69, 9.17) is 0 Å². The van der Waals surface area contributed by atoms with Crippen LogP contribution >= 0.6 is 0 Å². The van der Waals surface area contributed by atoms with E-state index >= 15 is 0 Å². The van der Waals surface area contributed by atoms with Gasteiger partial charge in [-0.1, -0.05) is 0 Å². The second kappa shape index (κ2) is 3.57. The lowest BCUT2D eigenvalue weighted by molar-refractivity contribution is -0.143. The summed E-state index contributed by atoms with van der Waals surface area (Å²) in [5.41, 5.74) is 0.942. The van der Waals surface area contributed by atoms with Gasteiger partial charge in [0.1, 0.15) is 0 Å². The Morgan fingerprint density at radius 2 is 2.29 bits per heavy atom. The van der Waals surface area contributed by atoms with Crippen molar-refractivity contribution in [3.8, 4) is 0 Å². The van der Waals surface area contributed by atoms with Gasteiger partial charge in [0.2, 0.25) is 5.91 Å². The Morgan fingerprint density at radius 1 is 1.47 bits per heavy atom. The third-order valence-electron chi connectivity index (χ3n) is 3.93. The minimum atomic E-state index is -0.262. The second-order valence-corrected chi connectivity index (χ2v) is 5.44. The molecule has 2 aliphatic rings. The first-order valence-corrected chi connectivity index (χ1v) is 6.14. The Bertz CT molecular complexity index is 453. The van der Waals surface area contributed by atoms with E-state index in [1.807, 2.05) is 16.9 Å². The van der Waals surface area contributed by atoms with Crippen LogP contribution in [0.15, 0.2) is 12.3 Å². The second-order valence-electron chi connectivity index (χ2n) is 5.44. The molecule has 1 spiro atoms. The topological polar surface area (TPSA) is 50.2 Å². The van der Waals surface area contributed by atoms with Crippen molar-refractivity contribution < 1.29 is 4.79 Å². The predicted octanol–water partition coefficient (Wildman–Crippen LogP) is 0.223. The molecule has 3 heterocycles. The SMILES string of the molecule is CC(C)N1Cc2ccnn2CC2(CNC2=O)C1. The molecule has 5 heteroatoms. The van der Waals surface area contributed by atoms with E-state index in [9.17, 15) is 4.79 Å². The molecule has 92 valence electrons. The fourth-order valence-electron chi connectivity index (χ4n) is 2.66. The minimum Gasteiger partial charge on any atom is -0.354 e. The van der Waals surface area contributed by atoms with E-state index < -0.39 is 0 Å². The lowest BCUT2D eigenvalue weighted by Crippen LogP contribution is -2.64. The molecule has 0 aliphatic carbocycles. The van der Waals surface area contributed by atoms with Crippen molar-refractivity contribution in [3.05, 3.63) is 18.0 Å². The maximum Gasteiger partial charge on any atom is 0.231 e. The average Bonchev–Trinajstić information content (AvgIpc) is 2.64. The van der Waals surface area contributed by atoms with Crippen LogP contribution in [0.1, 0.15) is 19.5 Å². The minimum absolute atomic E-state index is 0.173. The number of carbonyl (C=O) groups excluding carboxylic acids is 1. The molecule has 2 aliphatic heterocycles. The fraction of sp³-hybridized carbons (Fsp3) is 0.667. The summed E-state index contributed by atoms with van der Waals surface area (Å²) in [5, 5.41) is 7.20. The maximum absolute atomic E-state index is 11.9. The number of β-lactam (4-membered cyclic amide) rings is 1. The van der Waals surface area contributed by atoms with Gasteiger partial charge in [0.25, 0.3) is 0 Å². The van der Waals surface area contributed by atoms with Crippen LogP contribution in [0.4, 0.5) is 0 Å². The average molecular weight is 234 g/mol. The molecule has 1 amide bonds. The van der Waals surface area contributed by atoms with Gasteiger partial charge >= 0.3 is 0 Å². The van der Waals surface area contributed by atoms with Crippen molar-refractivity contribution in [2.45, 2.75) is 33.0 Å². The molecule has 0 saturated carbocycles. The molecule has 1 aromatic rings. The van der Waals surface area contributed by atoms with Crippen LogP contribution in [0.2, 0.25) is 0 Å². The molecule has 0 radical (unpaired) electrons. The van der Waals surface area contributed by atoms with E-state index in [0.717, 1.165) is 19.6 Å².